The van der Waals surface area contributed by atoms with E-state index < -0.39 is 5.82 Å². The number of aromatic nitrogens is 2. The maximum atomic E-state index is 14.0. The largest absolute Gasteiger partial charge is 0.451 e. The molecular formula is C25H20FN5O2S. The van der Waals surface area contributed by atoms with Gasteiger partial charge in [0.25, 0.3) is 5.91 Å². The van der Waals surface area contributed by atoms with Gasteiger partial charge in [0.05, 0.1) is 5.69 Å². The third kappa shape index (κ3) is 4.20. The first kappa shape index (κ1) is 21.9. The van der Waals surface area contributed by atoms with Crippen LogP contribution in [0.15, 0.2) is 70.5 Å². The number of halogens is 1. The molecule has 5 rings (SSSR count). The molecule has 4 aromatic rings. The van der Waals surface area contributed by atoms with Crippen molar-refractivity contribution in [1.82, 2.24) is 14.9 Å². The Morgan fingerprint density at radius 2 is 1.82 bits per heavy atom. The predicted octanol–water partition coefficient (Wildman–Crippen LogP) is 4.49. The highest BCUT2D eigenvalue weighted by Gasteiger charge is 2.29. The fraction of sp³-hybridized carbons (Fsp3) is 0.200. The van der Waals surface area contributed by atoms with Gasteiger partial charge in [-0.2, -0.15) is 5.26 Å². The number of piperazine rings is 1. The lowest BCUT2D eigenvalue weighted by Gasteiger charge is -2.36. The van der Waals surface area contributed by atoms with E-state index in [2.05, 4.69) is 9.97 Å². The summed E-state index contributed by atoms with van der Waals surface area (Å²) in [4.78, 5) is 25.7. The second-order valence-corrected chi connectivity index (χ2v) is 8.69. The van der Waals surface area contributed by atoms with Crippen LogP contribution in [0.2, 0.25) is 0 Å². The quantitative estimate of drug-likeness (QED) is 0.312. The van der Waals surface area contributed by atoms with Crippen molar-refractivity contribution in [2.45, 2.75) is 10.9 Å². The van der Waals surface area contributed by atoms with Gasteiger partial charge in [0, 0.05) is 55.3 Å². The molecule has 3 heterocycles. The standard InChI is InChI=1S/C25H20FN5O2S/c26-20-6-3-7-21(18(20)15-27)30-11-13-31(14-12-30)24(32)23-19(16-34-25-28-9-4-10-29-25)17-5-1-2-8-22(17)33-23/h1-10H,11-14,16H2. The Balaban J connectivity index is 1.36. The number of nitriles is 1. The molecule has 0 N–H and O–H groups in total. The Morgan fingerprint density at radius 3 is 2.59 bits per heavy atom. The van der Waals surface area contributed by atoms with Gasteiger partial charge in [-0.1, -0.05) is 36.0 Å². The number of hydrogen-bond acceptors (Lipinski definition) is 7. The molecule has 0 atom stereocenters. The number of benzene rings is 2. The molecular weight excluding hydrogens is 453 g/mol. The van der Waals surface area contributed by atoms with Crippen LogP contribution in [-0.4, -0.2) is 47.0 Å². The molecule has 0 bridgehead atoms. The Labute approximate surface area is 199 Å². The minimum absolute atomic E-state index is 0.0296. The second-order valence-electron chi connectivity index (χ2n) is 7.75. The third-order valence-corrected chi connectivity index (χ3v) is 6.69. The van der Waals surface area contributed by atoms with Crippen molar-refractivity contribution in [3.63, 3.8) is 0 Å². The van der Waals surface area contributed by atoms with E-state index in [4.69, 9.17) is 4.42 Å². The molecule has 0 saturated carbocycles. The number of hydrogen-bond donors (Lipinski definition) is 0. The van der Waals surface area contributed by atoms with E-state index in [1.807, 2.05) is 35.2 Å². The molecule has 1 saturated heterocycles. The molecule has 2 aromatic carbocycles. The SMILES string of the molecule is N#Cc1c(F)cccc1N1CCN(C(=O)c2oc3ccccc3c2CSc2ncccn2)CC1. The summed E-state index contributed by atoms with van der Waals surface area (Å²) in [6.45, 7) is 1.86. The number of thioether (sulfide) groups is 1. The van der Waals surface area contributed by atoms with Crippen LogP contribution in [0.3, 0.4) is 0 Å². The number of carbonyl (C=O) groups is 1. The van der Waals surface area contributed by atoms with Crippen LogP contribution < -0.4 is 4.90 Å². The van der Waals surface area contributed by atoms with Crippen molar-refractivity contribution in [2.75, 3.05) is 31.1 Å². The van der Waals surface area contributed by atoms with E-state index in [0.29, 0.717) is 54.1 Å². The van der Waals surface area contributed by atoms with E-state index in [0.717, 1.165) is 10.9 Å². The smallest absolute Gasteiger partial charge is 0.290 e. The number of para-hydroxylation sites is 1. The lowest BCUT2D eigenvalue weighted by molar-refractivity contribution is 0.0716. The van der Waals surface area contributed by atoms with Gasteiger partial charge >= 0.3 is 0 Å². The van der Waals surface area contributed by atoms with E-state index in [1.54, 1.807) is 35.5 Å². The van der Waals surface area contributed by atoms with Crippen molar-refractivity contribution in [2.24, 2.45) is 0 Å². The molecule has 1 aliphatic rings. The van der Waals surface area contributed by atoms with Gasteiger partial charge in [-0.25, -0.2) is 14.4 Å². The third-order valence-electron chi connectivity index (χ3n) is 5.79. The van der Waals surface area contributed by atoms with Gasteiger partial charge in [0.1, 0.15) is 23.0 Å². The minimum Gasteiger partial charge on any atom is -0.451 e. The zero-order valence-electron chi connectivity index (χ0n) is 18.1. The fourth-order valence-corrected chi connectivity index (χ4v) is 4.92. The van der Waals surface area contributed by atoms with Crippen LogP contribution in [-0.2, 0) is 5.75 Å². The van der Waals surface area contributed by atoms with Crippen molar-refractivity contribution in [3.05, 3.63) is 83.6 Å². The first-order valence-electron chi connectivity index (χ1n) is 10.8. The molecule has 0 spiro atoms. The van der Waals surface area contributed by atoms with E-state index in [-0.39, 0.29) is 11.5 Å². The summed E-state index contributed by atoms with van der Waals surface area (Å²) in [5.74, 6) is 0.101. The summed E-state index contributed by atoms with van der Waals surface area (Å²) in [6, 6.07) is 15.9. The van der Waals surface area contributed by atoms with Gasteiger partial charge in [-0.15, -0.1) is 0 Å². The Kier molecular flexibility index (Phi) is 6.14. The van der Waals surface area contributed by atoms with Crippen LogP contribution >= 0.6 is 11.8 Å². The Hall–Kier alpha value is -3.90. The van der Waals surface area contributed by atoms with Crippen LogP contribution in [0.4, 0.5) is 10.1 Å². The maximum Gasteiger partial charge on any atom is 0.290 e. The lowest BCUT2D eigenvalue weighted by atomic mass is 10.1. The summed E-state index contributed by atoms with van der Waals surface area (Å²) < 4.78 is 20.1. The molecule has 1 amide bonds. The zero-order valence-corrected chi connectivity index (χ0v) is 19.0. The van der Waals surface area contributed by atoms with Crippen LogP contribution in [0.25, 0.3) is 11.0 Å². The summed E-state index contributed by atoms with van der Waals surface area (Å²) >= 11 is 1.45. The van der Waals surface area contributed by atoms with Gasteiger partial charge in [0.2, 0.25) is 0 Å². The highest BCUT2D eigenvalue weighted by Crippen LogP contribution is 2.32. The normalized spacial score (nSPS) is 13.8. The average molecular weight is 474 g/mol. The maximum absolute atomic E-state index is 14.0. The first-order valence-corrected chi connectivity index (χ1v) is 11.8. The van der Waals surface area contributed by atoms with Gasteiger partial charge < -0.3 is 14.2 Å². The molecule has 34 heavy (non-hydrogen) atoms. The highest BCUT2D eigenvalue weighted by molar-refractivity contribution is 7.98. The van der Waals surface area contributed by atoms with Crippen LogP contribution in [0.1, 0.15) is 21.7 Å². The first-order chi connectivity index (χ1) is 16.7. The molecule has 170 valence electrons. The Morgan fingerprint density at radius 1 is 1.06 bits per heavy atom. The van der Waals surface area contributed by atoms with Crippen LogP contribution in [0, 0.1) is 17.1 Å². The van der Waals surface area contributed by atoms with Gasteiger partial charge in [0.15, 0.2) is 10.9 Å². The van der Waals surface area contributed by atoms with Crippen molar-refractivity contribution in [3.8, 4) is 6.07 Å². The van der Waals surface area contributed by atoms with Crippen molar-refractivity contribution < 1.29 is 13.6 Å². The highest BCUT2D eigenvalue weighted by atomic mass is 32.2. The fourth-order valence-electron chi connectivity index (χ4n) is 4.09. The number of fused-ring (bicyclic) bond motifs is 1. The van der Waals surface area contributed by atoms with E-state index in [1.165, 1.54) is 17.8 Å². The summed E-state index contributed by atoms with van der Waals surface area (Å²) in [6.07, 6.45) is 3.37. The summed E-state index contributed by atoms with van der Waals surface area (Å²) in [5.41, 5.74) is 2.06. The van der Waals surface area contributed by atoms with Crippen molar-refractivity contribution >= 4 is 34.3 Å². The number of anilines is 1. The van der Waals surface area contributed by atoms with E-state index in [9.17, 15) is 14.4 Å². The number of nitrogens with zero attached hydrogens (tertiary/aromatic N) is 5. The summed E-state index contributed by atoms with van der Waals surface area (Å²) in [7, 11) is 0. The molecule has 0 aliphatic carbocycles. The lowest BCUT2D eigenvalue weighted by Crippen LogP contribution is -2.49. The number of furan rings is 1. The van der Waals surface area contributed by atoms with Gasteiger partial charge in [-0.05, 0) is 24.3 Å². The molecule has 1 aliphatic heterocycles. The topological polar surface area (TPSA) is 86.3 Å². The Bertz CT molecular complexity index is 1380. The van der Waals surface area contributed by atoms with E-state index >= 15 is 0 Å². The van der Waals surface area contributed by atoms with Crippen LogP contribution in [0.5, 0.6) is 0 Å². The zero-order chi connectivity index (χ0) is 23.5. The molecule has 2 aromatic heterocycles. The molecule has 0 radical (unpaired) electrons. The molecule has 7 nitrogen and oxygen atoms in total. The van der Waals surface area contributed by atoms with Crippen molar-refractivity contribution in [1.29, 1.82) is 5.26 Å². The minimum atomic E-state index is -0.537. The average Bonchev–Trinajstić information content (AvgIpc) is 3.26. The molecule has 1 fully saturated rings. The predicted molar refractivity (Wildman–Crippen MR) is 127 cm³/mol. The molecule has 9 heteroatoms. The summed E-state index contributed by atoms with van der Waals surface area (Å²) in [5, 5.41) is 10.9. The van der Waals surface area contributed by atoms with Gasteiger partial charge in [-0.3, -0.25) is 4.79 Å². The number of amides is 1. The number of carbonyl (C=O) groups excluding carboxylic acids is 1. The molecule has 0 unspecified atom stereocenters. The number of rotatable bonds is 5. The monoisotopic (exact) mass is 473 g/mol. The second kappa shape index (κ2) is 9.53.